The number of benzene rings is 1. The van der Waals surface area contributed by atoms with Crippen LogP contribution in [-0.4, -0.2) is 36.0 Å². The second-order valence-electron chi connectivity index (χ2n) is 5.15. The fraction of sp³-hybridized carbons (Fsp3) is 0.529. The molecular weight excluding hydrogens is 328 g/mol. The number of aromatic amines is 1. The van der Waals surface area contributed by atoms with Crippen molar-refractivity contribution in [2.24, 2.45) is 0 Å². The summed E-state index contributed by atoms with van der Waals surface area (Å²) < 4.78 is 18.5. The van der Waals surface area contributed by atoms with Gasteiger partial charge in [0.2, 0.25) is 0 Å². The van der Waals surface area contributed by atoms with Crippen LogP contribution in [0.3, 0.4) is 0 Å². The normalized spacial score (nSPS) is 11.0. The number of aromatic nitrogens is 2. The van der Waals surface area contributed by atoms with E-state index in [4.69, 9.17) is 26.4 Å². The Morgan fingerprint density at radius 2 is 1.75 bits per heavy atom. The third-order valence-corrected chi connectivity index (χ3v) is 3.84. The average Bonchev–Trinajstić information content (AvgIpc) is 2.56. The van der Waals surface area contributed by atoms with Gasteiger partial charge in [-0.2, -0.15) is 0 Å². The van der Waals surface area contributed by atoms with Crippen molar-refractivity contribution >= 4 is 23.1 Å². The Bertz CT molecular complexity index is 798. The molecular formula is C17H24N2O4S. The van der Waals surface area contributed by atoms with Crippen LogP contribution in [0, 0.1) is 4.77 Å². The van der Waals surface area contributed by atoms with Crippen LogP contribution in [0.1, 0.15) is 27.2 Å². The summed E-state index contributed by atoms with van der Waals surface area (Å²) in [5.41, 5.74) is 0.521. The molecule has 2 rings (SSSR count). The van der Waals surface area contributed by atoms with E-state index in [-0.39, 0.29) is 5.56 Å². The number of hydrogen-bond acceptors (Lipinski definition) is 5. The number of nitrogens with zero attached hydrogens (tertiary/aromatic N) is 1. The summed E-state index contributed by atoms with van der Waals surface area (Å²) in [5, 5.41) is 0.534. The molecule has 0 unspecified atom stereocenters. The Labute approximate surface area is 146 Å². The van der Waals surface area contributed by atoms with Gasteiger partial charge in [0.25, 0.3) is 5.56 Å². The topological polar surface area (TPSA) is 65.5 Å². The zero-order valence-corrected chi connectivity index (χ0v) is 15.2. The first-order valence-electron chi connectivity index (χ1n) is 8.26. The van der Waals surface area contributed by atoms with E-state index in [9.17, 15) is 4.79 Å². The summed E-state index contributed by atoms with van der Waals surface area (Å²) in [7, 11) is 0. The molecule has 1 N–H and O–H groups in total. The lowest BCUT2D eigenvalue weighted by Crippen LogP contribution is -2.23. The number of fused-ring (bicyclic) bond motifs is 1. The number of ether oxygens (including phenoxy) is 3. The van der Waals surface area contributed by atoms with Crippen molar-refractivity contribution in [2.45, 2.75) is 33.7 Å². The van der Waals surface area contributed by atoms with Crippen molar-refractivity contribution in [1.82, 2.24) is 9.55 Å². The summed E-state index contributed by atoms with van der Waals surface area (Å²) in [6.07, 6.45) is 0.728. The molecule has 1 aromatic carbocycles. The molecule has 1 heterocycles. The number of hydrogen-bond donors (Lipinski definition) is 1. The Morgan fingerprint density at radius 3 is 2.38 bits per heavy atom. The van der Waals surface area contributed by atoms with Crippen LogP contribution in [0.5, 0.6) is 11.5 Å². The van der Waals surface area contributed by atoms with E-state index in [0.29, 0.717) is 60.1 Å². The molecule has 1 aromatic heterocycles. The van der Waals surface area contributed by atoms with Gasteiger partial charge in [-0.15, -0.1) is 0 Å². The Morgan fingerprint density at radius 1 is 1.08 bits per heavy atom. The first kappa shape index (κ1) is 18.5. The molecule has 7 heteroatoms. The zero-order chi connectivity index (χ0) is 17.5. The Balaban J connectivity index is 2.47. The predicted octanol–water partition coefficient (Wildman–Crippen LogP) is 3.28. The van der Waals surface area contributed by atoms with Gasteiger partial charge in [0.1, 0.15) is 0 Å². The molecule has 0 aliphatic rings. The van der Waals surface area contributed by atoms with E-state index in [1.54, 1.807) is 16.7 Å². The maximum atomic E-state index is 12.8. The minimum Gasteiger partial charge on any atom is -0.490 e. The van der Waals surface area contributed by atoms with Crippen molar-refractivity contribution in [2.75, 3.05) is 26.4 Å². The van der Waals surface area contributed by atoms with E-state index in [1.807, 2.05) is 20.8 Å². The van der Waals surface area contributed by atoms with Gasteiger partial charge in [0.05, 0.1) is 24.1 Å². The maximum absolute atomic E-state index is 12.8. The van der Waals surface area contributed by atoms with Crippen molar-refractivity contribution in [3.05, 3.63) is 27.3 Å². The predicted molar refractivity (Wildman–Crippen MR) is 96.8 cm³/mol. The molecule has 0 bridgehead atoms. The van der Waals surface area contributed by atoms with Gasteiger partial charge in [0, 0.05) is 25.8 Å². The molecule has 0 aliphatic carbocycles. The van der Waals surface area contributed by atoms with Gasteiger partial charge in [-0.1, -0.05) is 0 Å². The van der Waals surface area contributed by atoms with E-state index in [0.717, 1.165) is 6.42 Å². The molecule has 2 aromatic rings. The van der Waals surface area contributed by atoms with Crippen LogP contribution in [0.2, 0.25) is 0 Å². The van der Waals surface area contributed by atoms with Crippen LogP contribution in [-0.2, 0) is 11.3 Å². The molecule has 0 spiro atoms. The maximum Gasteiger partial charge on any atom is 0.262 e. The molecule has 0 amide bonds. The smallest absolute Gasteiger partial charge is 0.262 e. The van der Waals surface area contributed by atoms with Gasteiger partial charge in [-0.3, -0.25) is 9.36 Å². The van der Waals surface area contributed by atoms with Crippen molar-refractivity contribution in [3.8, 4) is 11.5 Å². The summed E-state index contributed by atoms with van der Waals surface area (Å²) in [6.45, 7) is 8.53. The first-order valence-corrected chi connectivity index (χ1v) is 8.67. The minimum absolute atomic E-state index is 0.130. The minimum atomic E-state index is -0.130. The first-order chi connectivity index (χ1) is 11.6. The molecule has 0 aliphatic heterocycles. The van der Waals surface area contributed by atoms with Gasteiger partial charge in [-0.05, 0) is 45.5 Å². The van der Waals surface area contributed by atoms with Crippen LogP contribution < -0.4 is 15.0 Å². The van der Waals surface area contributed by atoms with Gasteiger partial charge < -0.3 is 19.2 Å². The highest BCUT2D eigenvalue weighted by molar-refractivity contribution is 7.71. The number of nitrogens with one attached hydrogen (secondary N) is 1. The van der Waals surface area contributed by atoms with Crippen molar-refractivity contribution < 1.29 is 14.2 Å². The quantitative estimate of drug-likeness (QED) is 0.554. The molecule has 0 radical (unpaired) electrons. The molecule has 0 fully saturated rings. The van der Waals surface area contributed by atoms with Crippen LogP contribution in [0.4, 0.5) is 0 Å². The van der Waals surface area contributed by atoms with Crippen LogP contribution >= 0.6 is 12.2 Å². The second kappa shape index (κ2) is 8.84. The SMILES string of the molecule is CCOCCCn1c(=S)[nH]c2cc(OCC)c(OCC)cc2c1=O. The van der Waals surface area contributed by atoms with Crippen LogP contribution in [0.15, 0.2) is 16.9 Å². The van der Waals surface area contributed by atoms with E-state index in [2.05, 4.69) is 4.98 Å². The molecule has 0 atom stereocenters. The van der Waals surface area contributed by atoms with Gasteiger partial charge >= 0.3 is 0 Å². The van der Waals surface area contributed by atoms with Crippen molar-refractivity contribution in [3.63, 3.8) is 0 Å². The number of H-pyrrole nitrogens is 1. The zero-order valence-electron chi connectivity index (χ0n) is 14.4. The fourth-order valence-corrected chi connectivity index (χ4v) is 2.75. The average molecular weight is 352 g/mol. The second-order valence-corrected chi connectivity index (χ2v) is 5.53. The lowest BCUT2D eigenvalue weighted by atomic mass is 10.2. The largest absolute Gasteiger partial charge is 0.490 e. The van der Waals surface area contributed by atoms with Gasteiger partial charge in [0.15, 0.2) is 16.3 Å². The Hall–Kier alpha value is -1.86. The molecule has 0 saturated carbocycles. The highest BCUT2D eigenvalue weighted by Crippen LogP contribution is 2.30. The van der Waals surface area contributed by atoms with Gasteiger partial charge in [-0.25, -0.2) is 0 Å². The van der Waals surface area contributed by atoms with E-state index >= 15 is 0 Å². The number of rotatable bonds is 9. The summed E-state index contributed by atoms with van der Waals surface area (Å²) in [6, 6.07) is 3.49. The van der Waals surface area contributed by atoms with Crippen molar-refractivity contribution in [1.29, 1.82) is 0 Å². The highest BCUT2D eigenvalue weighted by Gasteiger charge is 2.12. The molecule has 132 valence electrons. The van der Waals surface area contributed by atoms with Crippen LogP contribution in [0.25, 0.3) is 10.9 Å². The lowest BCUT2D eigenvalue weighted by Gasteiger charge is -2.13. The summed E-state index contributed by atoms with van der Waals surface area (Å²) in [4.78, 5) is 15.9. The Kier molecular flexibility index (Phi) is 6.81. The third kappa shape index (κ3) is 4.15. The molecule has 0 saturated heterocycles. The fourth-order valence-electron chi connectivity index (χ4n) is 2.47. The summed E-state index contributed by atoms with van der Waals surface area (Å²) >= 11 is 5.33. The van der Waals surface area contributed by atoms with E-state index < -0.39 is 0 Å². The highest BCUT2D eigenvalue weighted by atomic mass is 32.1. The third-order valence-electron chi connectivity index (χ3n) is 3.52. The summed E-state index contributed by atoms with van der Waals surface area (Å²) in [5.74, 6) is 1.17. The van der Waals surface area contributed by atoms with E-state index in [1.165, 1.54) is 0 Å². The standard InChI is InChI=1S/C17H24N2O4S/c1-4-21-9-7-8-19-16(20)12-10-14(22-5-2)15(23-6-3)11-13(12)18-17(19)24/h10-11H,4-9H2,1-3H3,(H,18,24). The molecule has 24 heavy (non-hydrogen) atoms. The monoisotopic (exact) mass is 352 g/mol. The molecule has 6 nitrogen and oxygen atoms in total. The lowest BCUT2D eigenvalue weighted by molar-refractivity contribution is 0.141.